The van der Waals surface area contributed by atoms with Gasteiger partial charge in [-0.2, -0.15) is 15.3 Å². The fourth-order valence-electron chi connectivity index (χ4n) is 9.25. The summed E-state index contributed by atoms with van der Waals surface area (Å²) in [6.07, 6.45) is 15.9. The smallest absolute Gasteiger partial charge is 0.328 e. The van der Waals surface area contributed by atoms with E-state index < -0.39 is 5.97 Å². The molecule has 0 saturated heterocycles. The molecule has 0 radical (unpaired) electrons. The lowest BCUT2D eigenvalue weighted by atomic mass is 10.2. The van der Waals surface area contributed by atoms with Crippen molar-refractivity contribution >= 4 is 86.2 Å². The Balaban J connectivity index is 0.000000165. The normalized spacial score (nSPS) is 11.0. The van der Waals surface area contributed by atoms with Gasteiger partial charge in [-0.15, -0.1) is 0 Å². The molecule has 0 fully saturated rings. The molecule has 0 saturated carbocycles. The summed E-state index contributed by atoms with van der Waals surface area (Å²) in [6, 6.07) is 55.6. The Morgan fingerprint density at radius 2 is 0.956 bits per heavy atom. The van der Waals surface area contributed by atoms with E-state index in [1.165, 1.54) is 18.2 Å². The van der Waals surface area contributed by atoms with Gasteiger partial charge in [0.05, 0.1) is 44.4 Å². The van der Waals surface area contributed by atoms with Crippen LogP contribution in [0.15, 0.2) is 213 Å². The van der Waals surface area contributed by atoms with Crippen molar-refractivity contribution in [2.24, 2.45) is 0 Å². The standard InChI is InChI=1S/C26H26N4O3.C18H18N4O2.C17H15N3O3.C9H13NO/c1-33-22-12-10-20(11-13-22)19-30-26-23(9-5-16-27-26)24(28-30)14-15-25(32)29(17-6-18-31)21-7-3-2-4-8-21;23-13-5-12-22(14-6-2-1-3-7-14)17(24)10-9-16-15-8-4-11-19-18(15)21-20-16;1-23-13-6-4-12(5-7-13)11-20-17-14(3-2-10-18-17)15(19-20)8-9-16(21)22;11-8-4-7-10-9-5-2-1-3-6-9/h2-5,7-16,31H,6,17-19H2,1H3;1-4,6-11,23H,5,12-13H2,(H,19,20,21);2-10H,11H2,1H3,(H,21,22);1-3,5-6,10-11H,4,7-8H2/b15-14+;10-9+;9-8+;. The minimum atomic E-state index is -1.01. The molecule has 11 aromatic rings. The minimum absolute atomic E-state index is 0.0202. The predicted molar refractivity (Wildman–Crippen MR) is 356 cm³/mol. The lowest BCUT2D eigenvalue weighted by Crippen LogP contribution is -2.30. The lowest BCUT2D eigenvalue weighted by Gasteiger charge is -2.20. The Morgan fingerprint density at radius 1 is 0.516 bits per heavy atom. The summed E-state index contributed by atoms with van der Waals surface area (Å²) in [5, 5.41) is 57.5. The molecule has 0 aliphatic rings. The summed E-state index contributed by atoms with van der Waals surface area (Å²) in [6.45, 7) is 3.11. The van der Waals surface area contributed by atoms with Crippen molar-refractivity contribution in [3.8, 4) is 11.5 Å². The molecular weight excluding hydrogens is 1150 g/mol. The highest BCUT2D eigenvalue weighted by atomic mass is 16.5. The van der Waals surface area contributed by atoms with Gasteiger partial charge in [0.2, 0.25) is 0 Å². The van der Waals surface area contributed by atoms with Crippen LogP contribution in [0.2, 0.25) is 0 Å². The molecule has 11 rings (SSSR count). The van der Waals surface area contributed by atoms with E-state index in [0.29, 0.717) is 61.7 Å². The molecule has 0 aliphatic carbocycles. The minimum Gasteiger partial charge on any atom is -0.497 e. The molecule has 6 aromatic heterocycles. The van der Waals surface area contributed by atoms with Crippen LogP contribution in [0.1, 0.15) is 47.5 Å². The molecule has 466 valence electrons. The van der Waals surface area contributed by atoms with Gasteiger partial charge in [0.25, 0.3) is 11.8 Å². The zero-order chi connectivity index (χ0) is 64.0. The van der Waals surface area contributed by atoms with Crippen LogP contribution in [-0.4, -0.2) is 137 Å². The van der Waals surface area contributed by atoms with Crippen molar-refractivity contribution < 1.29 is 44.3 Å². The Morgan fingerprint density at radius 3 is 1.42 bits per heavy atom. The van der Waals surface area contributed by atoms with E-state index in [2.05, 4.69) is 35.6 Å². The molecule has 6 heterocycles. The number of hydrogen-bond donors (Lipinski definition) is 6. The van der Waals surface area contributed by atoms with Gasteiger partial charge in [0, 0.05) is 109 Å². The first-order chi connectivity index (χ1) is 44.6. The maximum absolute atomic E-state index is 13.0. The van der Waals surface area contributed by atoms with E-state index >= 15 is 0 Å². The fourth-order valence-corrected chi connectivity index (χ4v) is 9.25. The topological polar surface area (TPSA) is 272 Å². The number of ether oxygens (including phenoxy) is 2. The molecule has 21 nitrogen and oxygen atoms in total. The maximum Gasteiger partial charge on any atom is 0.328 e. The third-order valence-electron chi connectivity index (χ3n) is 13.8. The number of aliphatic hydroxyl groups is 3. The Kier molecular flexibility index (Phi) is 25.3. The number of para-hydroxylation sites is 3. The molecule has 0 unspecified atom stereocenters. The van der Waals surface area contributed by atoms with Crippen molar-refractivity contribution in [3.05, 3.63) is 241 Å². The predicted octanol–water partition coefficient (Wildman–Crippen LogP) is 10.4. The number of nitrogens with one attached hydrogen (secondary N) is 2. The quantitative estimate of drug-likeness (QED) is 0.0242. The molecule has 5 aromatic carbocycles. The van der Waals surface area contributed by atoms with Crippen LogP contribution in [-0.2, 0) is 27.5 Å². The summed E-state index contributed by atoms with van der Waals surface area (Å²) in [7, 11) is 3.27. The van der Waals surface area contributed by atoms with Crippen molar-refractivity contribution in [2.75, 3.05) is 68.8 Å². The van der Waals surface area contributed by atoms with Crippen LogP contribution >= 0.6 is 0 Å². The van der Waals surface area contributed by atoms with E-state index in [1.54, 1.807) is 65.5 Å². The van der Waals surface area contributed by atoms with Gasteiger partial charge < -0.3 is 45.0 Å². The number of fused-ring (bicyclic) bond motifs is 3. The number of hydrogen-bond acceptors (Lipinski definition) is 15. The van der Waals surface area contributed by atoms with E-state index in [0.717, 1.165) is 86.2 Å². The highest BCUT2D eigenvalue weighted by molar-refractivity contribution is 6.05. The number of H-pyrrole nitrogens is 1. The van der Waals surface area contributed by atoms with Gasteiger partial charge in [-0.1, -0.05) is 78.9 Å². The van der Waals surface area contributed by atoms with Crippen LogP contribution in [0.3, 0.4) is 0 Å². The van der Waals surface area contributed by atoms with Crippen LogP contribution in [0, 0.1) is 0 Å². The molecule has 0 aliphatic heterocycles. The average molecular weight is 1230 g/mol. The highest BCUT2D eigenvalue weighted by Crippen LogP contribution is 2.24. The number of benzene rings is 5. The molecule has 0 bridgehead atoms. The van der Waals surface area contributed by atoms with Crippen LogP contribution < -0.4 is 24.6 Å². The number of aliphatic hydroxyl groups excluding tert-OH is 3. The van der Waals surface area contributed by atoms with Gasteiger partial charge >= 0.3 is 5.97 Å². The monoisotopic (exact) mass is 1220 g/mol. The second kappa shape index (κ2) is 35.0. The third kappa shape index (κ3) is 19.4. The van der Waals surface area contributed by atoms with E-state index in [-0.39, 0.29) is 31.6 Å². The molecule has 2 amide bonds. The van der Waals surface area contributed by atoms with Crippen LogP contribution in [0.4, 0.5) is 17.1 Å². The number of carbonyl (C=O) groups excluding carboxylic acids is 2. The van der Waals surface area contributed by atoms with Gasteiger partial charge in [0.15, 0.2) is 16.9 Å². The number of aromatic amines is 1. The highest BCUT2D eigenvalue weighted by Gasteiger charge is 2.17. The second-order valence-corrected chi connectivity index (χ2v) is 20.1. The first-order valence-electron chi connectivity index (χ1n) is 29.4. The second-order valence-electron chi connectivity index (χ2n) is 20.1. The first-order valence-corrected chi connectivity index (χ1v) is 29.4. The van der Waals surface area contributed by atoms with Crippen molar-refractivity contribution in [1.29, 1.82) is 0 Å². The molecule has 0 spiro atoms. The number of carboxylic acids is 1. The van der Waals surface area contributed by atoms with Crippen LogP contribution in [0.5, 0.6) is 11.5 Å². The number of nitrogens with zero attached hydrogens (tertiary/aromatic N) is 10. The summed E-state index contributed by atoms with van der Waals surface area (Å²) in [5.41, 5.74) is 8.90. The van der Waals surface area contributed by atoms with Gasteiger partial charge in [-0.25, -0.2) is 29.1 Å². The summed E-state index contributed by atoms with van der Waals surface area (Å²) in [5.74, 6) is 0.264. The van der Waals surface area contributed by atoms with Crippen molar-refractivity contribution in [1.82, 2.24) is 44.7 Å². The number of methoxy groups -OCH3 is 2. The molecule has 0 atom stereocenters. The summed E-state index contributed by atoms with van der Waals surface area (Å²) < 4.78 is 14.0. The fraction of sp³-hybridized carbons (Fsp3) is 0.186. The Labute approximate surface area is 526 Å². The number of anilines is 3. The summed E-state index contributed by atoms with van der Waals surface area (Å²) >= 11 is 0. The van der Waals surface area contributed by atoms with E-state index in [1.807, 2.05) is 175 Å². The van der Waals surface area contributed by atoms with Crippen molar-refractivity contribution in [3.63, 3.8) is 0 Å². The molecule has 91 heavy (non-hydrogen) atoms. The molecular formula is C70H72N12O9. The SMILES string of the molecule is COc1ccc(Cn2nc(/C=C/C(=O)N(CCCO)c3ccccc3)c3cccnc32)cc1.COc1ccc(Cn2nc(/C=C/C(=O)O)c3cccnc32)cc1.O=C(/C=C/c1[nH]nc2ncccc12)N(CCCO)c1ccccc1.OCCCNc1ccccc1. The number of pyridine rings is 3. The van der Waals surface area contributed by atoms with Gasteiger partial charge in [0.1, 0.15) is 11.5 Å². The number of rotatable bonds is 24. The number of carboxylic acid groups (broad SMARTS) is 1. The summed E-state index contributed by atoms with van der Waals surface area (Å²) in [4.78, 5) is 52.6. The largest absolute Gasteiger partial charge is 0.497 e. The van der Waals surface area contributed by atoms with Gasteiger partial charge in [-0.05, 0) is 146 Å². The first kappa shape index (κ1) is 65.8. The number of aliphatic carboxylic acids is 1. The average Bonchev–Trinajstić information content (AvgIpc) is 2.14. The Hall–Kier alpha value is -11.1. The van der Waals surface area contributed by atoms with E-state index in [9.17, 15) is 19.5 Å². The van der Waals surface area contributed by atoms with E-state index in [4.69, 9.17) is 29.9 Å². The molecule has 21 heteroatoms. The maximum atomic E-state index is 13.0. The third-order valence-corrected chi connectivity index (χ3v) is 13.8. The van der Waals surface area contributed by atoms with Gasteiger partial charge in [-0.3, -0.25) is 14.7 Å². The number of aromatic nitrogens is 9. The zero-order valence-corrected chi connectivity index (χ0v) is 50.5. The Bertz CT molecular complexity index is 4120. The number of carbonyl (C=O) groups is 3. The zero-order valence-electron chi connectivity index (χ0n) is 50.5. The lowest BCUT2D eigenvalue weighted by molar-refractivity contribution is -0.131. The molecule has 6 N–H and O–H groups in total. The van der Waals surface area contributed by atoms with Crippen molar-refractivity contribution in [2.45, 2.75) is 32.4 Å². The number of amides is 2. The van der Waals surface area contributed by atoms with Crippen LogP contribution in [0.25, 0.3) is 51.3 Å².